The predicted molar refractivity (Wildman–Crippen MR) is 111 cm³/mol. The lowest BCUT2D eigenvalue weighted by Crippen LogP contribution is -2.34. The quantitative estimate of drug-likeness (QED) is 0.656. The number of hydrogen-bond donors (Lipinski definition) is 2. The Hall–Kier alpha value is -2.87. The molecule has 1 aromatic carbocycles. The van der Waals surface area contributed by atoms with E-state index in [1.54, 1.807) is 17.8 Å². The first-order chi connectivity index (χ1) is 13.6. The molecule has 1 saturated heterocycles. The molecule has 0 saturated carbocycles. The Bertz CT molecular complexity index is 1010. The molecule has 28 heavy (non-hydrogen) atoms. The molecule has 0 amide bonds. The topological polar surface area (TPSA) is 101 Å². The zero-order chi connectivity index (χ0) is 19.5. The van der Waals surface area contributed by atoms with E-state index in [9.17, 15) is 4.79 Å². The van der Waals surface area contributed by atoms with Crippen LogP contribution in [0.2, 0.25) is 0 Å². The summed E-state index contributed by atoms with van der Waals surface area (Å²) in [5, 5.41) is 0.838. The van der Waals surface area contributed by atoms with Crippen LogP contribution in [0.4, 0.5) is 11.8 Å². The van der Waals surface area contributed by atoms with Crippen LogP contribution in [-0.2, 0) is 0 Å². The van der Waals surface area contributed by atoms with Crippen molar-refractivity contribution in [1.29, 1.82) is 0 Å². The number of aromatic nitrogens is 4. The number of rotatable bonds is 4. The fourth-order valence-electron chi connectivity index (χ4n) is 3.38. The first kappa shape index (κ1) is 18.5. The van der Waals surface area contributed by atoms with E-state index in [1.807, 2.05) is 6.07 Å². The van der Waals surface area contributed by atoms with Gasteiger partial charge in [0.1, 0.15) is 10.8 Å². The summed E-state index contributed by atoms with van der Waals surface area (Å²) in [6, 6.07) is 11.9. The zero-order valence-electron chi connectivity index (χ0n) is 15.6. The maximum Gasteiger partial charge on any atom is 0.250 e. The lowest BCUT2D eigenvalue weighted by molar-refractivity contribution is 0.492. The van der Waals surface area contributed by atoms with Gasteiger partial charge in [0.15, 0.2) is 0 Å². The molecule has 3 N–H and O–H groups in total. The van der Waals surface area contributed by atoms with Crippen LogP contribution in [0.15, 0.2) is 57.4 Å². The molecule has 0 spiro atoms. The first-order valence-electron chi connectivity index (χ1n) is 9.25. The third kappa shape index (κ3) is 4.33. The molecule has 3 heterocycles. The Balaban J connectivity index is 1.47. The van der Waals surface area contributed by atoms with Gasteiger partial charge in [-0.05, 0) is 31.9 Å². The molecule has 0 unspecified atom stereocenters. The molecule has 0 aliphatic carbocycles. The van der Waals surface area contributed by atoms with Gasteiger partial charge in [0, 0.05) is 36.0 Å². The highest BCUT2D eigenvalue weighted by atomic mass is 32.2. The molecule has 0 bridgehead atoms. The van der Waals surface area contributed by atoms with Gasteiger partial charge in [-0.1, -0.05) is 29.5 Å². The monoisotopic (exact) mass is 394 g/mol. The van der Waals surface area contributed by atoms with Crippen molar-refractivity contribution in [2.75, 3.05) is 23.7 Å². The standard InChI is InChI=1S/C20H22N6OS/c1-13-2-4-15(5-3-13)28-19-11-17(24-20(21)25-19)26-8-6-14(7-9-26)16-10-18(27)23-12-22-16/h2-5,10-12,14H,6-9H2,1H3,(H2,21,24,25)(H,22,23,27). The molecule has 1 aliphatic rings. The van der Waals surface area contributed by atoms with Crippen molar-refractivity contribution in [3.63, 3.8) is 0 Å². The van der Waals surface area contributed by atoms with E-state index in [0.717, 1.165) is 47.4 Å². The van der Waals surface area contributed by atoms with E-state index in [2.05, 4.69) is 56.0 Å². The molecule has 1 aliphatic heterocycles. The average Bonchev–Trinajstić information content (AvgIpc) is 2.69. The summed E-state index contributed by atoms with van der Waals surface area (Å²) < 4.78 is 0. The zero-order valence-corrected chi connectivity index (χ0v) is 16.4. The van der Waals surface area contributed by atoms with Gasteiger partial charge in [-0.2, -0.15) is 4.98 Å². The summed E-state index contributed by atoms with van der Waals surface area (Å²) in [7, 11) is 0. The number of anilines is 2. The lowest BCUT2D eigenvalue weighted by Gasteiger charge is -2.32. The van der Waals surface area contributed by atoms with Crippen molar-refractivity contribution < 1.29 is 0 Å². The van der Waals surface area contributed by atoms with E-state index in [0.29, 0.717) is 5.92 Å². The molecule has 2 aromatic heterocycles. The van der Waals surface area contributed by atoms with Crippen LogP contribution >= 0.6 is 11.8 Å². The molecule has 1 fully saturated rings. The van der Waals surface area contributed by atoms with Crippen molar-refractivity contribution in [3.8, 4) is 0 Å². The SMILES string of the molecule is Cc1ccc(Sc2cc(N3CCC(c4cc(=O)[nH]cn4)CC3)nc(N)n2)cc1. The number of hydrogen-bond acceptors (Lipinski definition) is 7. The predicted octanol–water partition coefficient (Wildman–Crippen LogP) is 2.99. The van der Waals surface area contributed by atoms with Crippen molar-refractivity contribution in [3.05, 3.63) is 64.3 Å². The minimum atomic E-state index is -0.103. The Morgan fingerprint density at radius 3 is 2.61 bits per heavy atom. The van der Waals surface area contributed by atoms with Crippen LogP contribution in [0.5, 0.6) is 0 Å². The number of H-pyrrole nitrogens is 1. The summed E-state index contributed by atoms with van der Waals surface area (Å²) in [6.45, 7) is 3.74. The van der Waals surface area contributed by atoms with Gasteiger partial charge in [-0.3, -0.25) is 4.79 Å². The number of nitrogens with zero attached hydrogens (tertiary/aromatic N) is 4. The highest BCUT2D eigenvalue weighted by Gasteiger charge is 2.23. The molecule has 144 valence electrons. The lowest BCUT2D eigenvalue weighted by atomic mass is 9.93. The van der Waals surface area contributed by atoms with E-state index in [4.69, 9.17) is 5.73 Å². The van der Waals surface area contributed by atoms with Crippen LogP contribution in [0.1, 0.15) is 30.0 Å². The molecule has 7 nitrogen and oxygen atoms in total. The summed E-state index contributed by atoms with van der Waals surface area (Å²) >= 11 is 1.58. The van der Waals surface area contributed by atoms with Crippen LogP contribution in [0, 0.1) is 6.92 Å². The Morgan fingerprint density at radius 2 is 1.89 bits per heavy atom. The van der Waals surface area contributed by atoms with E-state index >= 15 is 0 Å². The average molecular weight is 395 g/mol. The van der Waals surface area contributed by atoms with Crippen molar-refractivity contribution >= 4 is 23.5 Å². The van der Waals surface area contributed by atoms with E-state index in [-0.39, 0.29) is 11.5 Å². The first-order valence-corrected chi connectivity index (χ1v) is 10.1. The number of aromatic amines is 1. The number of benzene rings is 1. The maximum atomic E-state index is 11.5. The number of nitrogen functional groups attached to an aromatic ring is 1. The van der Waals surface area contributed by atoms with Crippen LogP contribution in [0.25, 0.3) is 0 Å². The molecule has 4 rings (SSSR count). The van der Waals surface area contributed by atoms with Crippen molar-refractivity contribution in [1.82, 2.24) is 19.9 Å². The number of piperidine rings is 1. The molecule has 0 atom stereocenters. The van der Waals surface area contributed by atoms with Crippen molar-refractivity contribution in [2.45, 2.75) is 35.6 Å². The minimum absolute atomic E-state index is 0.103. The maximum absolute atomic E-state index is 11.5. The van der Waals surface area contributed by atoms with Gasteiger partial charge >= 0.3 is 0 Å². The van der Waals surface area contributed by atoms with Gasteiger partial charge < -0.3 is 15.6 Å². The molecular formula is C20H22N6OS. The van der Waals surface area contributed by atoms with Crippen LogP contribution in [0.3, 0.4) is 0 Å². The summed E-state index contributed by atoms with van der Waals surface area (Å²) in [5.74, 6) is 1.42. The van der Waals surface area contributed by atoms with Gasteiger partial charge in [-0.25, -0.2) is 9.97 Å². The van der Waals surface area contributed by atoms with Crippen LogP contribution in [-0.4, -0.2) is 33.0 Å². The number of aryl methyl sites for hydroxylation is 1. The van der Waals surface area contributed by atoms with Crippen molar-refractivity contribution in [2.24, 2.45) is 0 Å². The summed E-state index contributed by atoms with van der Waals surface area (Å²) in [5.41, 5.74) is 7.95. The minimum Gasteiger partial charge on any atom is -0.368 e. The fraction of sp³-hybridized carbons (Fsp3) is 0.300. The third-order valence-corrected chi connectivity index (χ3v) is 5.81. The Kier molecular flexibility index (Phi) is 5.29. The smallest absolute Gasteiger partial charge is 0.250 e. The summed E-state index contributed by atoms with van der Waals surface area (Å²) in [4.78, 5) is 30.6. The largest absolute Gasteiger partial charge is 0.368 e. The molecule has 8 heteroatoms. The van der Waals surface area contributed by atoms with Gasteiger partial charge in [0.05, 0.1) is 12.0 Å². The third-order valence-electron chi connectivity index (χ3n) is 4.89. The Labute approximate surface area is 167 Å². The molecular weight excluding hydrogens is 372 g/mol. The molecule has 3 aromatic rings. The fourth-order valence-corrected chi connectivity index (χ4v) is 4.20. The highest BCUT2D eigenvalue weighted by Crippen LogP contribution is 2.32. The second kappa shape index (κ2) is 8.02. The number of nitrogens with one attached hydrogen (secondary N) is 1. The van der Waals surface area contributed by atoms with E-state index in [1.165, 1.54) is 11.9 Å². The van der Waals surface area contributed by atoms with Gasteiger partial charge in [-0.15, -0.1) is 0 Å². The Morgan fingerprint density at radius 1 is 1.14 bits per heavy atom. The van der Waals surface area contributed by atoms with E-state index < -0.39 is 0 Å². The second-order valence-electron chi connectivity index (χ2n) is 6.94. The van der Waals surface area contributed by atoms with Gasteiger partial charge in [0.2, 0.25) is 5.95 Å². The second-order valence-corrected chi connectivity index (χ2v) is 8.03. The van der Waals surface area contributed by atoms with Gasteiger partial charge in [0.25, 0.3) is 5.56 Å². The summed E-state index contributed by atoms with van der Waals surface area (Å²) in [6.07, 6.45) is 3.31. The number of nitrogens with two attached hydrogens (primary N) is 1. The molecule has 0 radical (unpaired) electrons. The normalized spacial score (nSPS) is 15.0. The van der Waals surface area contributed by atoms with Crippen LogP contribution < -0.4 is 16.2 Å². The highest BCUT2D eigenvalue weighted by molar-refractivity contribution is 7.99.